The van der Waals surface area contributed by atoms with Gasteiger partial charge in [-0.05, 0) is 26.8 Å². The van der Waals surface area contributed by atoms with Gasteiger partial charge in [0.2, 0.25) is 0 Å². The number of hydrogen-bond acceptors (Lipinski definition) is 4. The first kappa shape index (κ1) is 13.5. The van der Waals surface area contributed by atoms with Crippen LogP contribution in [0, 0.1) is 6.92 Å². The fourth-order valence-corrected chi connectivity index (χ4v) is 2.28. The lowest BCUT2D eigenvalue weighted by molar-refractivity contribution is 0.620. The monoisotopic (exact) mass is 265 g/mol. The van der Waals surface area contributed by atoms with E-state index in [9.17, 15) is 9.59 Å². The molecule has 0 aliphatic heterocycles. The molecule has 2 N–H and O–H groups in total. The van der Waals surface area contributed by atoms with E-state index < -0.39 is 0 Å². The van der Waals surface area contributed by atoms with Gasteiger partial charge in [-0.2, -0.15) is 0 Å². The Labute approximate surface area is 110 Å². The number of nitrogens with zero attached hydrogens (tertiary/aromatic N) is 4. The molecule has 0 aliphatic carbocycles. The molecule has 2 rings (SSSR count). The van der Waals surface area contributed by atoms with Gasteiger partial charge in [-0.3, -0.25) is 13.9 Å². The molecule has 7 nitrogen and oxygen atoms in total. The smallest absolute Gasteiger partial charge is 0.330 e. The molecule has 0 atom stereocenters. The van der Waals surface area contributed by atoms with E-state index >= 15 is 0 Å². The average Bonchev–Trinajstić information content (AvgIpc) is 2.72. The van der Waals surface area contributed by atoms with Crippen molar-refractivity contribution in [2.45, 2.75) is 33.4 Å². The van der Waals surface area contributed by atoms with Gasteiger partial charge in [0.25, 0.3) is 5.56 Å². The van der Waals surface area contributed by atoms with Gasteiger partial charge in [-0.1, -0.05) is 0 Å². The number of aryl methyl sites for hydroxylation is 3. The minimum Gasteiger partial charge on any atom is -0.330 e. The first-order valence-electron chi connectivity index (χ1n) is 6.39. The molecule has 104 valence electrons. The van der Waals surface area contributed by atoms with Gasteiger partial charge in [-0.15, -0.1) is 0 Å². The molecule has 0 fully saturated rings. The maximum atomic E-state index is 12.4. The second-order valence-electron chi connectivity index (χ2n) is 4.52. The summed E-state index contributed by atoms with van der Waals surface area (Å²) in [6.45, 7) is 5.14. The number of imidazole rings is 1. The normalized spacial score (nSPS) is 11.4. The molecular weight excluding hydrogens is 246 g/mol. The largest absolute Gasteiger partial charge is 0.332 e. The van der Waals surface area contributed by atoms with Crippen LogP contribution in [0.4, 0.5) is 0 Å². The van der Waals surface area contributed by atoms with Crippen molar-refractivity contribution in [2.75, 3.05) is 6.54 Å². The van der Waals surface area contributed by atoms with E-state index in [1.54, 1.807) is 14.0 Å². The van der Waals surface area contributed by atoms with Crippen LogP contribution in [-0.2, 0) is 20.1 Å². The van der Waals surface area contributed by atoms with Crippen molar-refractivity contribution >= 4 is 11.2 Å². The van der Waals surface area contributed by atoms with Crippen molar-refractivity contribution in [2.24, 2.45) is 12.8 Å². The number of nitrogens with two attached hydrogens (primary N) is 1. The average molecular weight is 265 g/mol. The summed E-state index contributed by atoms with van der Waals surface area (Å²) < 4.78 is 4.49. The zero-order valence-electron chi connectivity index (χ0n) is 11.5. The molecule has 7 heteroatoms. The van der Waals surface area contributed by atoms with E-state index in [0.29, 0.717) is 30.8 Å². The van der Waals surface area contributed by atoms with Crippen LogP contribution >= 0.6 is 0 Å². The van der Waals surface area contributed by atoms with Crippen molar-refractivity contribution in [3.8, 4) is 0 Å². The zero-order chi connectivity index (χ0) is 14.2. The van der Waals surface area contributed by atoms with E-state index in [0.717, 1.165) is 12.2 Å². The van der Waals surface area contributed by atoms with Gasteiger partial charge < -0.3 is 10.3 Å². The number of aromatic nitrogens is 4. The van der Waals surface area contributed by atoms with Crippen LogP contribution in [0.25, 0.3) is 11.2 Å². The predicted molar refractivity (Wildman–Crippen MR) is 73.3 cm³/mol. The summed E-state index contributed by atoms with van der Waals surface area (Å²) in [5.74, 6) is 0.726. The molecule has 19 heavy (non-hydrogen) atoms. The summed E-state index contributed by atoms with van der Waals surface area (Å²) in [5.41, 5.74) is 5.83. The molecule has 0 amide bonds. The van der Waals surface area contributed by atoms with Gasteiger partial charge in [0.15, 0.2) is 11.2 Å². The van der Waals surface area contributed by atoms with E-state index in [2.05, 4.69) is 4.98 Å². The SMILES string of the molecule is CCn1c(=O)c2c(nc(C)n2CCCN)n(C)c1=O. The van der Waals surface area contributed by atoms with Crippen LogP contribution in [0.5, 0.6) is 0 Å². The highest BCUT2D eigenvalue weighted by Crippen LogP contribution is 2.10. The summed E-state index contributed by atoms with van der Waals surface area (Å²) in [4.78, 5) is 28.7. The third-order valence-corrected chi connectivity index (χ3v) is 3.33. The van der Waals surface area contributed by atoms with Crippen LogP contribution < -0.4 is 17.0 Å². The lowest BCUT2D eigenvalue weighted by Gasteiger charge is -2.08. The van der Waals surface area contributed by atoms with Gasteiger partial charge in [-0.25, -0.2) is 9.78 Å². The van der Waals surface area contributed by atoms with Crippen molar-refractivity contribution in [1.29, 1.82) is 0 Å². The quantitative estimate of drug-likeness (QED) is 0.812. The van der Waals surface area contributed by atoms with Gasteiger partial charge in [0.05, 0.1) is 0 Å². The standard InChI is InChI=1S/C12H19N5O2/c1-4-16-11(18)9-10(15(3)12(16)19)14-8(2)17(9)7-5-6-13/h4-7,13H2,1-3H3. The maximum Gasteiger partial charge on any atom is 0.332 e. The minimum atomic E-state index is -0.330. The van der Waals surface area contributed by atoms with Crippen molar-refractivity contribution in [3.05, 3.63) is 26.7 Å². The molecule has 2 aromatic rings. The molecular formula is C12H19N5O2. The topological polar surface area (TPSA) is 87.8 Å². The summed E-state index contributed by atoms with van der Waals surface area (Å²) in [6.07, 6.45) is 0.765. The third kappa shape index (κ3) is 1.99. The third-order valence-electron chi connectivity index (χ3n) is 3.33. The fourth-order valence-electron chi connectivity index (χ4n) is 2.28. The van der Waals surface area contributed by atoms with Crippen LogP contribution in [-0.4, -0.2) is 25.2 Å². The highest BCUT2D eigenvalue weighted by atomic mass is 16.2. The van der Waals surface area contributed by atoms with Crippen molar-refractivity contribution in [3.63, 3.8) is 0 Å². The molecule has 0 unspecified atom stereocenters. The molecule has 0 aliphatic rings. The fraction of sp³-hybridized carbons (Fsp3) is 0.583. The Morgan fingerprint density at radius 2 is 1.95 bits per heavy atom. The highest BCUT2D eigenvalue weighted by molar-refractivity contribution is 5.70. The van der Waals surface area contributed by atoms with E-state index in [1.165, 1.54) is 9.13 Å². The Morgan fingerprint density at radius 1 is 1.26 bits per heavy atom. The highest BCUT2D eigenvalue weighted by Gasteiger charge is 2.17. The number of hydrogen-bond donors (Lipinski definition) is 1. The summed E-state index contributed by atoms with van der Waals surface area (Å²) in [7, 11) is 1.63. The Balaban J connectivity index is 2.86. The van der Waals surface area contributed by atoms with Gasteiger partial charge >= 0.3 is 5.69 Å². The lowest BCUT2D eigenvalue weighted by atomic mass is 10.4. The molecule has 2 aromatic heterocycles. The van der Waals surface area contributed by atoms with Gasteiger partial charge in [0, 0.05) is 20.1 Å². The zero-order valence-corrected chi connectivity index (χ0v) is 11.5. The molecule has 0 bridgehead atoms. The summed E-state index contributed by atoms with van der Waals surface area (Å²) in [5, 5.41) is 0. The number of rotatable bonds is 4. The van der Waals surface area contributed by atoms with E-state index in [1.807, 2.05) is 11.5 Å². The minimum absolute atomic E-state index is 0.279. The summed E-state index contributed by atoms with van der Waals surface area (Å²) in [6, 6.07) is 0. The molecule has 0 spiro atoms. The Kier molecular flexibility index (Phi) is 3.57. The van der Waals surface area contributed by atoms with Gasteiger partial charge in [0.1, 0.15) is 5.82 Å². The van der Waals surface area contributed by atoms with E-state index in [-0.39, 0.29) is 11.2 Å². The molecule has 0 saturated carbocycles. The molecule has 0 radical (unpaired) electrons. The first-order valence-corrected chi connectivity index (χ1v) is 6.39. The van der Waals surface area contributed by atoms with Crippen molar-refractivity contribution < 1.29 is 0 Å². The Bertz CT molecular complexity index is 722. The predicted octanol–water partition coefficient (Wildman–Crippen LogP) is -0.426. The second-order valence-corrected chi connectivity index (χ2v) is 4.52. The molecule has 0 saturated heterocycles. The molecule has 0 aromatic carbocycles. The van der Waals surface area contributed by atoms with Crippen LogP contribution in [0.1, 0.15) is 19.2 Å². The summed E-state index contributed by atoms with van der Waals surface area (Å²) >= 11 is 0. The van der Waals surface area contributed by atoms with Crippen LogP contribution in [0.3, 0.4) is 0 Å². The molecule has 2 heterocycles. The second kappa shape index (κ2) is 5.00. The Morgan fingerprint density at radius 3 is 2.53 bits per heavy atom. The van der Waals surface area contributed by atoms with Crippen molar-refractivity contribution in [1.82, 2.24) is 18.7 Å². The Hall–Kier alpha value is -1.89. The maximum absolute atomic E-state index is 12.4. The van der Waals surface area contributed by atoms with Crippen LogP contribution in [0.2, 0.25) is 0 Å². The first-order chi connectivity index (χ1) is 9.02. The number of fused-ring (bicyclic) bond motifs is 1. The van der Waals surface area contributed by atoms with E-state index in [4.69, 9.17) is 5.73 Å². The lowest BCUT2D eigenvalue weighted by Crippen LogP contribution is -2.39. The van der Waals surface area contributed by atoms with Crippen LogP contribution in [0.15, 0.2) is 9.59 Å².